The fourth-order valence-corrected chi connectivity index (χ4v) is 2.64. The molecular weight excluding hydrogens is 238 g/mol. The minimum absolute atomic E-state index is 0.00171. The van der Waals surface area contributed by atoms with E-state index in [1.165, 1.54) is 24.3 Å². The van der Waals surface area contributed by atoms with Gasteiger partial charge in [0.2, 0.25) is 0 Å². The molecule has 0 aliphatic carbocycles. The van der Waals surface area contributed by atoms with E-state index in [1.807, 2.05) is 0 Å². The van der Waals surface area contributed by atoms with Gasteiger partial charge in [-0.15, -0.1) is 3.77 Å². The number of nitrogens with zero attached hydrogens (tertiary/aromatic N) is 1. The van der Waals surface area contributed by atoms with Crippen LogP contribution in [0.15, 0.2) is 32.9 Å². The highest BCUT2D eigenvalue weighted by Gasteiger charge is 2.12. The molecule has 7 heteroatoms. The monoisotopic (exact) mass is 247 g/mol. The molecule has 0 aliphatic heterocycles. The average Bonchev–Trinajstić information content (AvgIpc) is 2.18. The maximum atomic E-state index is 11.4. The number of hydrogen-bond donors (Lipinski definition) is 2. The molecule has 0 amide bonds. The van der Waals surface area contributed by atoms with Crippen molar-refractivity contribution in [2.45, 2.75) is 4.90 Å². The van der Waals surface area contributed by atoms with Crippen LogP contribution in [0.3, 0.4) is 0 Å². The first-order chi connectivity index (χ1) is 6.97. The first-order valence-corrected chi connectivity index (χ1v) is 6.60. The summed E-state index contributed by atoms with van der Waals surface area (Å²) in [6.45, 7) is 0. The molecule has 0 fully saturated rings. The molecule has 0 unspecified atom stereocenters. The number of rotatable bonds is 3. The Morgan fingerprint density at radius 2 is 1.87 bits per heavy atom. The van der Waals surface area contributed by atoms with Crippen molar-refractivity contribution >= 4 is 27.6 Å². The third-order valence-corrected chi connectivity index (χ3v) is 3.97. The molecule has 82 valence electrons. The molecule has 5 nitrogen and oxygen atoms in total. The molecule has 0 saturated carbocycles. The zero-order chi connectivity index (χ0) is 11.5. The molecule has 0 heterocycles. The van der Waals surface area contributed by atoms with Gasteiger partial charge in [0.25, 0.3) is 10.0 Å². The van der Waals surface area contributed by atoms with Gasteiger partial charge in [0.1, 0.15) is 0 Å². The molecule has 0 aromatic heterocycles. The summed E-state index contributed by atoms with van der Waals surface area (Å²) in [6, 6.07) is 4.93. The zero-order valence-corrected chi connectivity index (χ0v) is 9.49. The topological polar surface area (TPSA) is 83.8 Å². The fraction of sp³-hybridized carbons (Fsp3) is 0.125. The van der Waals surface area contributed by atoms with Crippen molar-refractivity contribution in [2.24, 2.45) is 3.77 Å². The summed E-state index contributed by atoms with van der Waals surface area (Å²) < 4.78 is 26.2. The Morgan fingerprint density at radius 1 is 1.33 bits per heavy atom. The number of sulfonamides is 1. The molecule has 0 atom stereocenters. The predicted molar refractivity (Wildman–Crippen MR) is 57.7 cm³/mol. The first kappa shape index (κ1) is 11.9. The van der Waals surface area contributed by atoms with E-state index in [9.17, 15) is 13.2 Å². The average molecular weight is 247 g/mol. The summed E-state index contributed by atoms with van der Waals surface area (Å²) >= 11 is 0.391. The third-order valence-electron chi connectivity index (χ3n) is 1.59. The largest absolute Gasteiger partial charge is 0.478 e. The van der Waals surface area contributed by atoms with E-state index in [1.54, 1.807) is 6.26 Å². The molecule has 0 spiro atoms. The van der Waals surface area contributed by atoms with Gasteiger partial charge in [-0.05, 0) is 30.5 Å². The normalized spacial score (nSPS) is 12.3. The zero-order valence-electron chi connectivity index (χ0n) is 7.78. The van der Waals surface area contributed by atoms with Crippen molar-refractivity contribution in [2.75, 3.05) is 6.26 Å². The highest BCUT2D eigenvalue weighted by Crippen LogP contribution is 2.13. The van der Waals surface area contributed by atoms with Crippen LogP contribution in [-0.4, -0.2) is 25.7 Å². The number of hydrogen-bond acceptors (Lipinski definition) is 3. The molecule has 15 heavy (non-hydrogen) atoms. The SMILES string of the molecule is C[SH]=NS(=O)(=O)c1ccc(C(=O)O)cc1. The van der Waals surface area contributed by atoms with E-state index in [0.29, 0.717) is 11.6 Å². The Labute approximate surface area is 90.9 Å². The van der Waals surface area contributed by atoms with Crippen molar-refractivity contribution in [1.82, 2.24) is 0 Å². The Hall–Kier alpha value is -1.21. The molecule has 0 aliphatic rings. The molecule has 1 rings (SSSR count). The Kier molecular flexibility index (Phi) is 3.59. The molecule has 0 bridgehead atoms. The minimum atomic E-state index is -3.63. The van der Waals surface area contributed by atoms with E-state index < -0.39 is 16.0 Å². The summed E-state index contributed by atoms with van der Waals surface area (Å²) in [4.78, 5) is 10.5. The third kappa shape index (κ3) is 2.87. The predicted octanol–water partition coefficient (Wildman–Crippen LogP) is 0.702. The lowest BCUT2D eigenvalue weighted by Crippen LogP contribution is -1.99. The standard InChI is InChI=1S/C8H9NO4S2/c1-14-9-15(12,13)7-4-2-6(3-5-7)8(10)11/h2-5,14H,1H3,(H,10,11). The molecule has 1 aromatic carbocycles. The summed E-state index contributed by atoms with van der Waals surface area (Å²) in [5, 5.41) is 8.61. The maximum Gasteiger partial charge on any atom is 0.335 e. The lowest BCUT2D eigenvalue weighted by atomic mass is 10.2. The van der Waals surface area contributed by atoms with Crippen LogP contribution < -0.4 is 0 Å². The number of carbonyl (C=O) groups is 1. The van der Waals surface area contributed by atoms with Crippen LogP contribution in [0.25, 0.3) is 0 Å². The number of benzene rings is 1. The summed E-state index contributed by atoms with van der Waals surface area (Å²) in [7, 11) is -3.63. The molecule has 0 radical (unpaired) electrons. The second-order valence-electron chi connectivity index (χ2n) is 2.59. The molecule has 0 saturated heterocycles. The van der Waals surface area contributed by atoms with E-state index in [-0.39, 0.29) is 10.5 Å². The first-order valence-electron chi connectivity index (χ1n) is 3.87. The minimum Gasteiger partial charge on any atom is -0.478 e. The Morgan fingerprint density at radius 3 is 2.27 bits per heavy atom. The van der Waals surface area contributed by atoms with Gasteiger partial charge in [0, 0.05) is 0 Å². The second kappa shape index (κ2) is 4.54. The van der Waals surface area contributed by atoms with Gasteiger partial charge in [-0.1, -0.05) is 11.6 Å². The Balaban J connectivity index is 3.15. The number of thiol groups is 1. The van der Waals surface area contributed by atoms with Crippen molar-refractivity contribution in [3.05, 3.63) is 29.8 Å². The highest BCUT2D eigenvalue weighted by molar-refractivity contribution is 7.94. The smallest absolute Gasteiger partial charge is 0.335 e. The van der Waals surface area contributed by atoms with Crippen molar-refractivity contribution < 1.29 is 18.3 Å². The summed E-state index contributed by atoms with van der Waals surface area (Å²) in [6.07, 6.45) is 1.59. The number of carboxylic acids is 1. The van der Waals surface area contributed by atoms with Gasteiger partial charge >= 0.3 is 5.97 Å². The van der Waals surface area contributed by atoms with Crippen molar-refractivity contribution in [3.8, 4) is 0 Å². The van der Waals surface area contributed by atoms with Gasteiger partial charge in [-0.2, -0.15) is 8.42 Å². The van der Waals surface area contributed by atoms with Gasteiger partial charge in [0.15, 0.2) is 0 Å². The highest BCUT2D eigenvalue weighted by atomic mass is 32.2. The van der Waals surface area contributed by atoms with Crippen LogP contribution in [0.2, 0.25) is 0 Å². The van der Waals surface area contributed by atoms with Crippen LogP contribution in [0.5, 0.6) is 0 Å². The van der Waals surface area contributed by atoms with Crippen LogP contribution in [-0.2, 0) is 21.6 Å². The fourth-order valence-electron chi connectivity index (χ4n) is 0.924. The number of carboxylic acid groups (broad SMARTS) is 1. The van der Waals surface area contributed by atoms with Crippen molar-refractivity contribution in [3.63, 3.8) is 0 Å². The van der Waals surface area contributed by atoms with Crippen LogP contribution in [0, 0.1) is 0 Å². The summed E-state index contributed by atoms with van der Waals surface area (Å²) in [5.74, 6) is -1.09. The molecule has 1 aromatic rings. The maximum absolute atomic E-state index is 11.4. The van der Waals surface area contributed by atoms with Crippen molar-refractivity contribution in [1.29, 1.82) is 0 Å². The van der Waals surface area contributed by atoms with Gasteiger partial charge in [0.05, 0.1) is 10.5 Å². The lowest BCUT2D eigenvalue weighted by Gasteiger charge is -1.98. The van der Waals surface area contributed by atoms with Crippen LogP contribution >= 0.6 is 0 Å². The number of aromatic carboxylic acids is 1. The van der Waals surface area contributed by atoms with Crippen LogP contribution in [0.4, 0.5) is 0 Å². The van der Waals surface area contributed by atoms with E-state index in [0.717, 1.165) is 0 Å². The lowest BCUT2D eigenvalue weighted by molar-refractivity contribution is 0.0697. The van der Waals surface area contributed by atoms with Gasteiger partial charge in [-0.25, -0.2) is 4.79 Å². The Bertz CT molecular complexity index is 490. The van der Waals surface area contributed by atoms with E-state index in [4.69, 9.17) is 5.11 Å². The van der Waals surface area contributed by atoms with Gasteiger partial charge in [-0.3, -0.25) is 0 Å². The summed E-state index contributed by atoms with van der Waals surface area (Å²) in [5.41, 5.74) is 0.0444. The molecule has 1 N–H and O–H groups in total. The molecular formula is C8H9NO4S2. The van der Waals surface area contributed by atoms with Crippen LogP contribution in [0.1, 0.15) is 10.4 Å². The van der Waals surface area contributed by atoms with E-state index >= 15 is 0 Å². The second-order valence-corrected chi connectivity index (χ2v) is 5.06. The quantitative estimate of drug-likeness (QED) is 0.770. The van der Waals surface area contributed by atoms with Gasteiger partial charge < -0.3 is 5.11 Å². The van der Waals surface area contributed by atoms with E-state index in [2.05, 4.69) is 3.77 Å².